The molecule has 0 saturated carbocycles. The molecule has 0 radical (unpaired) electrons. The number of H-pyrrole nitrogens is 1. The molecular formula is C40H50N8O10. The number of carboxylic acid groups (broad SMARTS) is 1. The Morgan fingerprint density at radius 3 is 1.60 bits per heavy atom. The summed E-state index contributed by atoms with van der Waals surface area (Å²) in [6.07, 6.45) is 2.35. The van der Waals surface area contributed by atoms with E-state index in [9.17, 15) is 49.2 Å². The highest BCUT2D eigenvalue weighted by molar-refractivity contribution is 5.97. The molecule has 58 heavy (non-hydrogen) atoms. The number of nitrogens with one attached hydrogen (secondary N) is 6. The summed E-state index contributed by atoms with van der Waals surface area (Å²) in [4.78, 5) is 82.7. The van der Waals surface area contributed by atoms with Crippen molar-refractivity contribution in [2.75, 3.05) is 19.7 Å². The zero-order chi connectivity index (χ0) is 42.2. The van der Waals surface area contributed by atoms with Gasteiger partial charge in [-0.3, -0.25) is 24.0 Å². The van der Waals surface area contributed by atoms with E-state index in [2.05, 4.69) is 31.6 Å². The quantitative estimate of drug-likeness (QED) is 0.0435. The Morgan fingerprint density at radius 2 is 1.09 bits per heavy atom. The van der Waals surface area contributed by atoms with Gasteiger partial charge in [-0.05, 0) is 72.8 Å². The number of amides is 5. The van der Waals surface area contributed by atoms with E-state index in [0.29, 0.717) is 36.1 Å². The summed E-state index contributed by atoms with van der Waals surface area (Å²) in [5.41, 5.74) is 13.4. The number of aromatic nitrogens is 1. The van der Waals surface area contributed by atoms with Crippen molar-refractivity contribution >= 4 is 46.4 Å². The zero-order valence-electron chi connectivity index (χ0n) is 31.6. The van der Waals surface area contributed by atoms with Crippen LogP contribution in [0.3, 0.4) is 0 Å². The highest BCUT2D eigenvalue weighted by Crippen LogP contribution is 2.20. The number of unbranched alkanes of at least 4 members (excludes halogenated alkanes) is 1. The molecular weight excluding hydrogens is 752 g/mol. The van der Waals surface area contributed by atoms with E-state index in [1.165, 1.54) is 48.5 Å². The number of aromatic hydroxyl groups is 2. The smallest absolute Gasteiger partial charge is 0.326 e. The molecule has 0 unspecified atom stereocenters. The van der Waals surface area contributed by atoms with Crippen LogP contribution in [0.5, 0.6) is 11.5 Å². The van der Waals surface area contributed by atoms with Gasteiger partial charge in [0.25, 0.3) is 0 Å². The fourth-order valence-corrected chi connectivity index (χ4v) is 6.17. The predicted molar refractivity (Wildman–Crippen MR) is 212 cm³/mol. The number of aliphatic hydroxyl groups is 1. The van der Waals surface area contributed by atoms with Crippen molar-refractivity contribution in [2.24, 2.45) is 11.5 Å². The molecule has 0 fully saturated rings. The highest BCUT2D eigenvalue weighted by Gasteiger charge is 2.33. The third-order valence-electron chi connectivity index (χ3n) is 9.33. The number of aliphatic carboxylic acids is 1. The molecule has 5 amide bonds. The first-order chi connectivity index (χ1) is 27.8. The van der Waals surface area contributed by atoms with Gasteiger partial charge in [-0.15, -0.1) is 0 Å². The Bertz CT molecular complexity index is 2020. The van der Waals surface area contributed by atoms with Crippen LogP contribution in [0.4, 0.5) is 0 Å². The monoisotopic (exact) mass is 802 g/mol. The molecule has 1 aromatic heterocycles. The maximum atomic E-state index is 14.2. The summed E-state index contributed by atoms with van der Waals surface area (Å²) in [5, 5.41) is 53.0. The minimum atomic E-state index is -1.62. The first kappa shape index (κ1) is 44.2. The lowest BCUT2D eigenvalue weighted by Crippen LogP contribution is -2.60. The van der Waals surface area contributed by atoms with Gasteiger partial charge < -0.3 is 63.5 Å². The number of phenols is 2. The Labute approximate surface area is 333 Å². The molecule has 4 aromatic rings. The van der Waals surface area contributed by atoms with E-state index in [-0.39, 0.29) is 37.2 Å². The fourth-order valence-electron chi connectivity index (χ4n) is 6.17. The Hall–Kier alpha value is -6.50. The van der Waals surface area contributed by atoms with Crippen molar-refractivity contribution in [1.82, 2.24) is 31.6 Å². The van der Waals surface area contributed by atoms with Crippen molar-refractivity contribution < 1.29 is 49.2 Å². The number of carbonyl (C=O) groups excluding carboxylic acids is 5. The minimum absolute atomic E-state index is 0.0194. The van der Waals surface area contributed by atoms with E-state index >= 15 is 0 Å². The molecule has 1 heterocycles. The maximum Gasteiger partial charge on any atom is 0.326 e. The van der Waals surface area contributed by atoms with Crippen molar-refractivity contribution in [3.05, 3.63) is 95.7 Å². The van der Waals surface area contributed by atoms with E-state index in [1.807, 2.05) is 6.07 Å². The number of para-hydroxylation sites is 1. The molecule has 5 atom stereocenters. The Balaban J connectivity index is 1.61. The van der Waals surface area contributed by atoms with E-state index in [0.717, 1.165) is 10.9 Å². The SMILES string of the molecule is NCCCC[C@H](NC(=O)[C@H](Cc1ccc(O)cc1)NC(=O)[C@H](Cc1c[nH]c2ccccc12)NC(=O)[C@H](CO)NC(=O)[C@H](Cc1ccc(O)cc1)NC(=O)CN)C(=O)O. The van der Waals surface area contributed by atoms with Crippen LogP contribution in [0.2, 0.25) is 0 Å². The summed E-state index contributed by atoms with van der Waals surface area (Å²) in [5.74, 6) is -5.52. The van der Waals surface area contributed by atoms with Gasteiger partial charge in [-0.25, -0.2) is 4.79 Å². The molecule has 18 heteroatoms. The summed E-state index contributed by atoms with van der Waals surface area (Å²) < 4.78 is 0. The number of aliphatic hydroxyl groups excluding tert-OH is 1. The van der Waals surface area contributed by atoms with Gasteiger partial charge in [-0.1, -0.05) is 42.5 Å². The zero-order valence-corrected chi connectivity index (χ0v) is 31.6. The van der Waals surface area contributed by atoms with Crippen LogP contribution in [0.25, 0.3) is 10.9 Å². The number of fused-ring (bicyclic) bond motifs is 1. The molecule has 4 rings (SSSR count). The first-order valence-corrected chi connectivity index (χ1v) is 18.7. The molecule has 0 aliphatic carbocycles. The largest absolute Gasteiger partial charge is 0.508 e. The number of carbonyl (C=O) groups is 6. The van der Waals surface area contributed by atoms with Gasteiger partial charge in [0, 0.05) is 36.4 Å². The average Bonchev–Trinajstić information content (AvgIpc) is 3.62. The van der Waals surface area contributed by atoms with Crippen molar-refractivity contribution in [2.45, 2.75) is 68.7 Å². The van der Waals surface area contributed by atoms with Crippen molar-refractivity contribution in [3.63, 3.8) is 0 Å². The van der Waals surface area contributed by atoms with Gasteiger partial charge in [0.2, 0.25) is 29.5 Å². The van der Waals surface area contributed by atoms with Crippen LogP contribution in [-0.2, 0) is 48.0 Å². The molecule has 0 spiro atoms. The molecule has 0 aliphatic heterocycles. The lowest BCUT2D eigenvalue weighted by molar-refractivity contribution is -0.142. The second-order valence-corrected chi connectivity index (χ2v) is 13.7. The third kappa shape index (κ3) is 13.0. The number of hydrogen-bond donors (Lipinski definition) is 12. The molecule has 0 aliphatic rings. The van der Waals surface area contributed by atoms with E-state index in [4.69, 9.17) is 11.5 Å². The van der Waals surface area contributed by atoms with Crippen LogP contribution in [0.15, 0.2) is 79.0 Å². The van der Waals surface area contributed by atoms with Gasteiger partial charge in [0.05, 0.1) is 13.2 Å². The lowest BCUT2D eigenvalue weighted by atomic mass is 10.0. The van der Waals surface area contributed by atoms with Crippen molar-refractivity contribution in [1.29, 1.82) is 0 Å². The van der Waals surface area contributed by atoms with Crippen LogP contribution >= 0.6 is 0 Å². The summed E-state index contributed by atoms with van der Waals surface area (Å²) in [6.45, 7) is -1.03. The lowest BCUT2D eigenvalue weighted by Gasteiger charge is -2.26. The molecule has 3 aromatic carbocycles. The second-order valence-electron chi connectivity index (χ2n) is 13.7. The fraction of sp³-hybridized carbons (Fsp3) is 0.350. The van der Waals surface area contributed by atoms with Crippen molar-refractivity contribution in [3.8, 4) is 11.5 Å². The first-order valence-electron chi connectivity index (χ1n) is 18.7. The number of carboxylic acids is 1. The average molecular weight is 803 g/mol. The van der Waals surface area contributed by atoms with E-state index in [1.54, 1.807) is 24.4 Å². The Morgan fingerprint density at radius 1 is 0.603 bits per heavy atom. The Kier molecular flexibility index (Phi) is 16.5. The number of hydrogen-bond acceptors (Lipinski definition) is 11. The third-order valence-corrected chi connectivity index (χ3v) is 9.33. The van der Waals surface area contributed by atoms with Gasteiger partial charge in [0.1, 0.15) is 41.7 Å². The molecule has 0 saturated heterocycles. The summed E-state index contributed by atoms with van der Waals surface area (Å²) in [7, 11) is 0. The standard InChI is InChI=1S/C40H50N8O10/c41-16-4-3-7-30(40(57)58)45-37(54)32(18-24-10-14-27(51)15-11-24)46-38(55)33(19-25-21-43-29-6-2-1-5-28(25)29)47-39(56)34(22-49)48-36(53)31(44-35(52)20-42)17-23-8-12-26(50)13-9-23/h1-2,5-6,8-15,21,30-34,43,49-51H,3-4,7,16-20,22,41-42H2,(H,44,52)(H,45,54)(H,46,55)(H,47,56)(H,48,53)(H,57,58)/t30-,31-,32-,33-,34-/m0/s1. The molecule has 18 nitrogen and oxygen atoms in total. The van der Waals surface area contributed by atoms with Gasteiger partial charge in [-0.2, -0.15) is 0 Å². The topological polar surface area (TPSA) is 311 Å². The predicted octanol–water partition coefficient (Wildman–Crippen LogP) is -0.804. The van der Waals surface area contributed by atoms with Crippen LogP contribution in [0.1, 0.15) is 36.0 Å². The molecule has 0 bridgehead atoms. The number of aromatic amines is 1. The molecule has 14 N–H and O–H groups in total. The molecule has 310 valence electrons. The van der Waals surface area contributed by atoms with Gasteiger partial charge >= 0.3 is 5.97 Å². The van der Waals surface area contributed by atoms with Crippen LogP contribution in [-0.4, -0.2) is 111 Å². The number of nitrogens with two attached hydrogens (primary N) is 2. The summed E-state index contributed by atoms with van der Waals surface area (Å²) in [6, 6.07) is 11.9. The van der Waals surface area contributed by atoms with Crippen LogP contribution < -0.4 is 38.1 Å². The number of benzene rings is 3. The summed E-state index contributed by atoms with van der Waals surface area (Å²) >= 11 is 0. The number of rotatable bonds is 22. The van der Waals surface area contributed by atoms with E-state index < -0.39 is 78.9 Å². The van der Waals surface area contributed by atoms with Crippen LogP contribution in [0, 0.1) is 0 Å². The van der Waals surface area contributed by atoms with Gasteiger partial charge in [0.15, 0.2) is 0 Å². The number of phenolic OH excluding ortho intramolecular Hbond substituents is 2. The second kappa shape index (κ2) is 21.7. The highest BCUT2D eigenvalue weighted by atomic mass is 16.4. The normalized spacial score (nSPS) is 13.6. The maximum absolute atomic E-state index is 14.2. The minimum Gasteiger partial charge on any atom is -0.508 e.